The van der Waals surface area contributed by atoms with Gasteiger partial charge in [0.15, 0.2) is 0 Å². The van der Waals surface area contributed by atoms with Gasteiger partial charge >= 0.3 is 0 Å². The molecule has 0 saturated carbocycles. The molecular weight excluding hydrogens is 364 g/mol. The van der Waals surface area contributed by atoms with E-state index in [1.165, 1.54) is 11.1 Å². The maximum atomic E-state index is 10.4. The van der Waals surface area contributed by atoms with E-state index in [1.807, 2.05) is 30.3 Å². The average molecular weight is 395 g/mol. The zero-order chi connectivity index (χ0) is 20.5. The Kier molecular flexibility index (Phi) is 7.99. The summed E-state index contributed by atoms with van der Waals surface area (Å²) >= 11 is 0. The van der Waals surface area contributed by atoms with Crippen molar-refractivity contribution < 1.29 is 14.7 Å². The third-order valence-corrected chi connectivity index (χ3v) is 4.91. The van der Waals surface area contributed by atoms with Gasteiger partial charge in [-0.3, -0.25) is 4.90 Å². The number of oxime groups is 1. The van der Waals surface area contributed by atoms with Crippen LogP contribution in [0.15, 0.2) is 72.4 Å². The number of rotatable bonds is 11. The van der Waals surface area contributed by atoms with Crippen LogP contribution < -0.4 is 0 Å². The minimum absolute atomic E-state index is 0.0328. The molecule has 2 aromatic carbocycles. The first kappa shape index (κ1) is 21.2. The number of aliphatic hydroxyl groups is 1. The first-order valence-corrected chi connectivity index (χ1v) is 10.1. The minimum atomic E-state index is -0.572. The Balaban J connectivity index is 1.60. The summed E-state index contributed by atoms with van der Waals surface area (Å²) < 4.78 is 5.41. The highest BCUT2D eigenvalue weighted by Crippen LogP contribution is 2.20. The maximum Gasteiger partial charge on any atom is 0.145 e. The van der Waals surface area contributed by atoms with E-state index in [0.29, 0.717) is 19.7 Å². The zero-order valence-electron chi connectivity index (χ0n) is 17.0. The number of hydrogen-bond acceptors (Lipinski definition) is 5. The van der Waals surface area contributed by atoms with E-state index in [2.05, 4.69) is 47.8 Å². The van der Waals surface area contributed by atoms with Crippen LogP contribution in [0.4, 0.5) is 0 Å². The fourth-order valence-electron chi connectivity index (χ4n) is 3.55. The lowest BCUT2D eigenvalue weighted by molar-refractivity contribution is 0.00336. The lowest BCUT2D eigenvalue weighted by atomic mass is 10.00. The normalized spacial score (nSPS) is 17.1. The van der Waals surface area contributed by atoms with Gasteiger partial charge in [-0.1, -0.05) is 65.8 Å². The van der Waals surface area contributed by atoms with Gasteiger partial charge in [0.05, 0.1) is 25.0 Å². The van der Waals surface area contributed by atoms with E-state index in [4.69, 9.17) is 9.57 Å². The maximum absolute atomic E-state index is 10.4. The topological polar surface area (TPSA) is 54.3 Å². The molecule has 0 aromatic heterocycles. The zero-order valence-corrected chi connectivity index (χ0v) is 17.0. The molecule has 0 saturated heterocycles. The smallest absolute Gasteiger partial charge is 0.145 e. The van der Waals surface area contributed by atoms with Crippen molar-refractivity contribution >= 4 is 5.71 Å². The average Bonchev–Trinajstić information content (AvgIpc) is 3.17. The van der Waals surface area contributed by atoms with Crippen LogP contribution in [0, 0.1) is 6.92 Å². The molecule has 0 unspecified atom stereocenters. The van der Waals surface area contributed by atoms with Crippen molar-refractivity contribution in [2.75, 3.05) is 26.3 Å². The van der Waals surface area contributed by atoms with Crippen LogP contribution in [0.1, 0.15) is 23.1 Å². The standard InChI is InChI=1S/C24H30N2O3/c1-3-13-28-18-21(27)16-26(15-20-10-5-4-6-11-20)17-22-14-24(25-29-22)23-12-8-7-9-19(23)2/h3-12,21-22,27H,1,13-18H2,2H3/t21-,22-/m1/s1. The van der Waals surface area contributed by atoms with Gasteiger partial charge < -0.3 is 14.7 Å². The molecule has 5 nitrogen and oxygen atoms in total. The molecular formula is C24H30N2O3. The second-order valence-corrected chi connectivity index (χ2v) is 7.44. The van der Waals surface area contributed by atoms with Crippen molar-refractivity contribution in [2.45, 2.75) is 32.1 Å². The molecule has 0 amide bonds. The Bertz CT molecular complexity index is 807. The van der Waals surface area contributed by atoms with Crippen LogP contribution in [-0.4, -0.2) is 54.2 Å². The summed E-state index contributed by atoms with van der Waals surface area (Å²) in [5.41, 5.74) is 4.53. The molecule has 0 bridgehead atoms. The molecule has 5 heteroatoms. The molecule has 1 heterocycles. The van der Waals surface area contributed by atoms with Gasteiger partial charge in [-0.15, -0.1) is 6.58 Å². The second kappa shape index (κ2) is 10.9. The van der Waals surface area contributed by atoms with Crippen molar-refractivity contribution in [3.05, 3.63) is 83.9 Å². The summed E-state index contributed by atoms with van der Waals surface area (Å²) in [5.74, 6) is 0. The molecule has 1 aliphatic rings. The Morgan fingerprint density at radius 3 is 2.76 bits per heavy atom. The molecule has 2 atom stereocenters. The molecule has 3 rings (SSSR count). The summed E-state index contributed by atoms with van der Waals surface area (Å²) in [6.07, 6.45) is 1.84. The fraction of sp³-hybridized carbons (Fsp3) is 0.375. The van der Waals surface area contributed by atoms with E-state index in [9.17, 15) is 5.11 Å². The Hall–Kier alpha value is -2.47. The van der Waals surface area contributed by atoms with Crippen molar-refractivity contribution in [1.82, 2.24) is 4.90 Å². The third-order valence-electron chi connectivity index (χ3n) is 4.91. The highest BCUT2D eigenvalue weighted by molar-refractivity contribution is 6.02. The number of benzene rings is 2. The van der Waals surface area contributed by atoms with Crippen LogP contribution in [-0.2, 0) is 16.1 Å². The van der Waals surface area contributed by atoms with Crippen LogP contribution >= 0.6 is 0 Å². The molecule has 29 heavy (non-hydrogen) atoms. The molecule has 0 radical (unpaired) electrons. The number of nitrogens with zero attached hydrogens (tertiary/aromatic N) is 2. The summed E-state index contributed by atoms with van der Waals surface area (Å²) in [6, 6.07) is 18.5. The van der Waals surface area contributed by atoms with Crippen LogP contribution in [0.5, 0.6) is 0 Å². The quantitative estimate of drug-likeness (QED) is 0.468. The summed E-state index contributed by atoms with van der Waals surface area (Å²) in [5, 5.41) is 14.7. The van der Waals surface area contributed by atoms with Gasteiger partial charge in [0.1, 0.15) is 6.10 Å². The summed E-state index contributed by atoms with van der Waals surface area (Å²) in [7, 11) is 0. The number of hydrogen-bond donors (Lipinski definition) is 1. The Labute approximate surface area is 173 Å². The van der Waals surface area contributed by atoms with Crippen LogP contribution in [0.25, 0.3) is 0 Å². The van der Waals surface area contributed by atoms with Gasteiger partial charge in [-0.2, -0.15) is 0 Å². The molecule has 0 fully saturated rings. The second-order valence-electron chi connectivity index (χ2n) is 7.44. The van der Waals surface area contributed by atoms with Gasteiger partial charge in [-0.25, -0.2) is 0 Å². The summed E-state index contributed by atoms with van der Waals surface area (Å²) in [6.45, 7) is 8.38. The van der Waals surface area contributed by atoms with E-state index >= 15 is 0 Å². The lowest BCUT2D eigenvalue weighted by Crippen LogP contribution is -2.39. The van der Waals surface area contributed by atoms with Gasteiger partial charge in [0, 0.05) is 31.6 Å². The Morgan fingerprint density at radius 1 is 1.24 bits per heavy atom. The fourth-order valence-corrected chi connectivity index (χ4v) is 3.55. The minimum Gasteiger partial charge on any atom is -0.390 e. The molecule has 154 valence electrons. The monoisotopic (exact) mass is 394 g/mol. The lowest BCUT2D eigenvalue weighted by Gasteiger charge is -2.27. The van der Waals surface area contributed by atoms with E-state index in [0.717, 1.165) is 24.2 Å². The Morgan fingerprint density at radius 2 is 2.00 bits per heavy atom. The van der Waals surface area contributed by atoms with Crippen molar-refractivity contribution in [1.29, 1.82) is 0 Å². The molecule has 1 N–H and O–H groups in total. The van der Waals surface area contributed by atoms with Gasteiger partial charge in [0.2, 0.25) is 0 Å². The largest absolute Gasteiger partial charge is 0.390 e. The third kappa shape index (κ3) is 6.53. The summed E-state index contributed by atoms with van der Waals surface area (Å²) in [4.78, 5) is 7.95. The van der Waals surface area contributed by atoms with Gasteiger partial charge in [0.25, 0.3) is 0 Å². The first-order chi connectivity index (χ1) is 14.2. The van der Waals surface area contributed by atoms with Crippen molar-refractivity contribution in [3.8, 4) is 0 Å². The highest BCUT2D eigenvalue weighted by atomic mass is 16.6. The highest BCUT2D eigenvalue weighted by Gasteiger charge is 2.26. The van der Waals surface area contributed by atoms with Crippen LogP contribution in [0.2, 0.25) is 0 Å². The predicted octanol–water partition coefficient (Wildman–Crippen LogP) is 3.55. The van der Waals surface area contributed by atoms with E-state index in [-0.39, 0.29) is 12.7 Å². The predicted molar refractivity (Wildman–Crippen MR) is 116 cm³/mol. The van der Waals surface area contributed by atoms with Crippen molar-refractivity contribution in [2.24, 2.45) is 5.16 Å². The van der Waals surface area contributed by atoms with E-state index < -0.39 is 6.10 Å². The van der Waals surface area contributed by atoms with Crippen molar-refractivity contribution in [3.63, 3.8) is 0 Å². The van der Waals surface area contributed by atoms with Crippen LogP contribution in [0.3, 0.4) is 0 Å². The molecule has 0 spiro atoms. The molecule has 2 aromatic rings. The number of aliphatic hydroxyl groups excluding tert-OH is 1. The number of ether oxygens (including phenoxy) is 1. The first-order valence-electron chi connectivity index (χ1n) is 10.1. The number of aryl methyl sites for hydroxylation is 1. The van der Waals surface area contributed by atoms with Gasteiger partial charge in [-0.05, 0) is 18.1 Å². The van der Waals surface area contributed by atoms with E-state index in [1.54, 1.807) is 6.08 Å². The SMILES string of the molecule is C=CCOC[C@H](O)CN(Cc1ccccc1)C[C@H]1CC(c2ccccc2C)=NO1. The molecule has 1 aliphatic heterocycles. The molecule has 0 aliphatic carbocycles.